The highest BCUT2D eigenvalue weighted by Crippen LogP contribution is 2.05. The summed E-state index contributed by atoms with van der Waals surface area (Å²) in [5.74, 6) is 0. The summed E-state index contributed by atoms with van der Waals surface area (Å²) in [6.07, 6.45) is 3.29. The van der Waals surface area contributed by atoms with Crippen LogP contribution in [0.25, 0.3) is 0 Å². The molecule has 0 radical (unpaired) electrons. The van der Waals surface area contributed by atoms with Gasteiger partial charge in [-0.05, 0) is 24.3 Å². The zero-order chi connectivity index (χ0) is 10.2. The Morgan fingerprint density at radius 1 is 1.00 bits per heavy atom. The van der Waals surface area contributed by atoms with Gasteiger partial charge in [0.2, 0.25) is 0 Å². The molecule has 14 heavy (non-hydrogen) atoms. The van der Waals surface area contributed by atoms with Crippen LogP contribution in [-0.2, 0) is 0 Å². The van der Waals surface area contributed by atoms with E-state index in [0.29, 0.717) is 5.02 Å². The van der Waals surface area contributed by atoms with Crippen molar-refractivity contribution in [2.24, 2.45) is 0 Å². The second kappa shape index (κ2) is 6.57. The highest BCUT2D eigenvalue weighted by Gasteiger charge is 1.76. The van der Waals surface area contributed by atoms with Crippen molar-refractivity contribution in [1.29, 1.82) is 0 Å². The van der Waals surface area contributed by atoms with Crippen molar-refractivity contribution in [2.75, 3.05) is 0 Å². The number of aromatic nitrogens is 1. The molecule has 0 spiro atoms. The number of nitrogens with zero attached hydrogens (tertiary/aromatic N) is 1. The zero-order valence-electron chi connectivity index (χ0n) is 7.40. The van der Waals surface area contributed by atoms with Gasteiger partial charge in [0, 0.05) is 16.9 Å². The van der Waals surface area contributed by atoms with Crippen LogP contribution in [0.15, 0.2) is 59.3 Å². The lowest BCUT2D eigenvalue weighted by Gasteiger charge is -1.80. The molecule has 0 fully saturated rings. The molecule has 0 aliphatic rings. The first-order valence-corrected chi connectivity index (χ1v) is 5.22. The fraction of sp³-hybridized carbons (Fsp3) is 0. The first kappa shape index (κ1) is 11.2. The van der Waals surface area contributed by atoms with Crippen molar-refractivity contribution in [3.63, 3.8) is 0 Å². The van der Waals surface area contributed by atoms with Gasteiger partial charge in [0.25, 0.3) is 0 Å². The Bertz CT molecular complexity index is 313. The molecule has 0 amide bonds. The van der Waals surface area contributed by atoms with Gasteiger partial charge in [-0.15, -0.1) is 0 Å². The van der Waals surface area contributed by atoms with E-state index in [9.17, 15) is 0 Å². The lowest BCUT2D eigenvalue weighted by molar-refractivity contribution is 1.33. The highest BCUT2D eigenvalue weighted by molar-refractivity contribution is 9.10. The van der Waals surface area contributed by atoms with Crippen molar-refractivity contribution in [1.82, 2.24) is 4.98 Å². The molecular formula is C11H9BrClN. The molecule has 1 heterocycles. The van der Waals surface area contributed by atoms with Crippen LogP contribution in [0, 0.1) is 0 Å². The highest BCUT2D eigenvalue weighted by atomic mass is 79.9. The van der Waals surface area contributed by atoms with Crippen LogP contribution in [-0.4, -0.2) is 4.98 Å². The Hall–Kier alpha value is -0.860. The van der Waals surface area contributed by atoms with Crippen molar-refractivity contribution < 1.29 is 0 Å². The number of hydrogen-bond donors (Lipinski definition) is 0. The maximum atomic E-state index is 5.48. The quantitative estimate of drug-likeness (QED) is 0.700. The fourth-order valence-corrected chi connectivity index (χ4v) is 1.19. The zero-order valence-corrected chi connectivity index (χ0v) is 9.74. The Kier molecular flexibility index (Phi) is 5.27. The summed E-state index contributed by atoms with van der Waals surface area (Å²) in [6, 6.07) is 13.6. The average Bonchev–Trinajstić information content (AvgIpc) is 2.21. The molecule has 1 aromatic heterocycles. The summed E-state index contributed by atoms with van der Waals surface area (Å²) < 4.78 is 1.13. The maximum Gasteiger partial charge on any atom is 0.0589 e. The van der Waals surface area contributed by atoms with Gasteiger partial charge in [-0.2, -0.15) is 0 Å². The lowest BCUT2D eigenvalue weighted by atomic mass is 10.4. The summed E-state index contributed by atoms with van der Waals surface area (Å²) in [4.78, 5) is 3.75. The number of pyridine rings is 1. The van der Waals surface area contributed by atoms with Crippen LogP contribution >= 0.6 is 27.5 Å². The van der Waals surface area contributed by atoms with E-state index >= 15 is 0 Å². The van der Waals surface area contributed by atoms with E-state index in [4.69, 9.17) is 11.6 Å². The number of halogens is 2. The van der Waals surface area contributed by atoms with E-state index in [-0.39, 0.29) is 0 Å². The second-order valence-electron chi connectivity index (χ2n) is 2.47. The summed E-state index contributed by atoms with van der Waals surface area (Å²) in [7, 11) is 0. The van der Waals surface area contributed by atoms with Crippen LogP contribution in [0.5, 0.6) is 0 Å². The van der Waals surface area contributed by atoms with Gasteiger partial charge in [-0.25, -0.2) is 0 Å². The second-order valence-corrected chi connectivity index (χ2v) is 3.82. The maximum absolute atomic E-state index is 5.48. The Labute approximate surface area is 96.9 Å². The number of benzene rings is 1. The molecular weight excluding hydrogens is 261 g/mol. The average molecular weight is 271 g/mol. The summed E-state index contributed by atoms with van der Waals surface area (Å²) in [6.45, 7) is 0. The molecule has 0 saturated heterocycles. The minimum absolute atomic E-state index is 0.683. The first-order valence-electron chi connectivity index (χ1n) is 4.05. The normalized spacial score (nSPS) is 8.71. The fourth-order valence-electron chi connectivity index (χ4n) is 0.757. The van der Waals surface area contributed by atoms with Crippen LogP contribution in [0.2, 0.25) is 5.02 Å². The molecule has 0 atom stereocenters. The molecule has 3 heteroatoms. The molecule has 1 nitrogen and oxygen atoms in total. The van der Waals surface area contributed by atoms with Crippen molar-refractivity contribution >= 4 is 27.5 Å². The largest absolute Gasteiger partial charge is 0.263 e. The van der Waals surface area contributed by atoms with E-state index in [0.717, 1.165) is 4.47 Å². The smallest absolute Gasteiger partial charge is 0.0589 e. The van der Waals surface area contributed by atoms with Crippen molar-refractivity contribution in [2.45, 2.75) is 0 Å². The van der Waals surface area contributed by atoms with Gasteiger partial charge < -0.3 is 0 Å². The Balaban J connectivity index is 0.000000140. The van der Waals surface area contributed by atoms with E-state index in [1.54, 1.807) is 24.5 Å². The first-order chi connectivity index (χ1) is 6.79. The van der Waals surface area contributed by atoms with Gasteiger partial charge >= 0.3 is 0 Å². The molecule has 0 aliphatic heterocycles. The summed E-state index contributed by atoms with van der Waals surface area (Å²) >= 11 is 8.79. The molecule has 0 bridgehead atoms. The van der Waals surface area contributed by atoms with E-state index in [1.165, 1.54) is 0 Å². The van der Waals surface area contributed by atoms with Crippen LogP contribution in [0.1, 0.15) is 0 Å². The molecule has 0 unspecified atom stereocenters. The number of rotatable bonds is 0. The third-order valence-corrected chi connectivity index (χ3v) is 2.11. The standard InChI is InChI=1S/C6H5Br.C5H4ClN/c7-6-4-2-1-3-5-6;6-5-2-1-3-7-4-5/h1-5H;1-4H. The SMILES string of the molecule is Brc1ccccc1.Clc1cccnc1. The van der Waals surface area contributed by atoms with Crippen molar-refractivity contribution in [3.05, 3.63) is 64.4 Å². The third-order valence-electron chi connectivity index (χ3n) is 1.36. The van der Waals surface area contributed by atoms with Gasteiger partial charge in [-0.1, -0.05) is 45.7 Å². The van der Waals surface area contributed by atoms with Gasteiger partial charge in [-0.3, -0.25) is 4.98 Å². The molecule has 2 rings (SSSR count). The molecule has 1 aromatic carbocycles. The van der Waals surface area contributed by atoms with Crippen LogP contribution in [0.4, 0.5) is 0 Å². The monoisotopic (exact) mass is 269 g/mol. The molecule has 72 valence electrons. The summed E-state index contributed by atoms with van der Waals surface area (Å²) in [5, 5.41) is 0.683. The Morgan fingerprint density at radius 2 is 1.71 bits per heavy atom. The van der Waals surface area contributed by atoms with Gasteiger partial charge in [0.05, 0.1) is 5.02 Å². The third kappa shape index (κ3) is 5.00. The molecule has 0 saturated carbocycles. The Morgan fingerprint density at radius 3 is 2.00 bits per heavy atom. The number of hydrogen-bond acceptors (Lipinski definition) is 1. The van der Waals surface area contributed by atoms with Gasteiger partial charge in [0.1, 0.15) is 0 Å². The molecule has 0 N–H and O–H groups in total. The minimum atomic E-state index is 0.683. The molecule has 0 aliphatic carbocycles. The topological polar surface area (TPSA) is 12.9 Å². The predicted molar refractivity (Wildman–Crippen MR) is 63.4 cm³/mol. The van der Waals surface area contributed by atoms with Gasteiger partial charge in [0.15, 0.2) is 0 Å². The van der Waals surface area contributed by atoms with Crippen LogP contribution < -0.4 is 0 Å². The minimum Gasteiger partial charge on any atom is -0.263 e. The predicted octanol–water partition coefficient (Wildman–Crippen LogP) is 4.18. The van der Waals surface area contributed by atoms with Crippen molar-refractivity contribution in [3.8, 4) is 0 Å². The molecule has 2 aromatic rings. The van der Waals surface area contributed by atoms with E-state index in [1.807, 2.05) is 30.3 Å². The van der Waals surface area contributed by atoms with Crippen LogP contribution in [0.3, 0.4) is 0 Å². The lowest BCUT2D eigenvalue weighted by Crippen LogP contribution is -1.64. The van der Waals surface area contributed by atoms with E-state index in [2.05, 4.69) is 20.9 Å². The summed E-state index contributed by atoms with van der Waals surface area (Å²) in [5.41, 5.74) is 0. The van der Waals surface area contributed by atoms with E-state index < -0.39 is 0 Å².